The van der Waals surface area contributed by atoms with Crippen LogP contribution in [0.5, 0.6) is 0 Å². The highest BCUT2D eigenvalue weighted by Gasteiger charge is 2.53. The van der Waals surface area contributed by atoms with Crippen LogP contribution in [0.3, 0.4) is 0 Å². The molecule has 4 saturated carbocycles. The number of aliphatic hydroxyl groups excluding tert-OH is 1. The van der Waals surface area contributed by atoms with E-state index in [9.17, 15) is 5.11 Å². The van der Waals surface area contributed by atoms with Crippen LogP contribution in [0.2, 0.25) is 0 Å². The van der Waals surface area contributed by atoms with Crippen molar-refractivity contribution in [3.8, 4) is 0 Å². The lowest BCUT2D eigenvalue weighted by atomic mass is 9.54. The molecule has 1 heterocycles. The summed E-state index contributed by atoms with van der Waals surface area (Å²) in [7, 11) is 0. The van der Waals surface area contributed by atoms with Gasteiger partial charge in [-0.05, 0) is 43.9 Å². The molecular formula is C15H26NO+. The van der Waals surface area contributed by atoms with Crippen molar-refractivity contribution < 1.29 is 10.0 Å². The predicted molar refractivity (Wildman–Crippen MR) is 66.8 cm³/mol. The first-order chi connectivity index (χ1) is 8.35. The molecule has 1 aliphatic heterocycles. The van der Waals surface area contributed by atoms with Crippen molar-refractivity contribution in [1.82, 2.24) is 0 Å². The van der Waals surface area contributed by atoms with Crippen molar-refractivity contribution >= 4 is 0 Å². The SMILES string of the molecule is OC[C@@H]1CCC[NH+]1C1C2CC3CC(C2)CC1C3. The highest BCUT2D eigenvalue weighted by Crippen LogP contribution is 2.53. The molecule has 2 heteroatoms. The van der Waals surface area contributed by atoms with E-state index >= 15 is 0 Å². The Kier molecular flexibility index (Phi) is 2.52. The third-order valence-corrected chi connectivity index (χ3v) is 6.42. The van der Waals surface area contributed by atoms with Gasteiger partial charge < -0.3 is 10.0 Å². The maximum absolute atomic E-state index is 9.57. The predicted octanol–water partition coefficient (Wildman–Crippen LogP) is 0.851. The Hall–Kier alpha value is -0.0800. The molecule has 0 aromatic rings. The van der Waals surface area contributed by atoms with Crippen molar-refractivity contribution in [3.63, 3.8) is 0 Å². The molecule has 5 aliphatic rings. The lowest BCUT2D eigenvalue weighted by Gasteiger charge is -2.55. The first-order valence-electron chi connectivity index (χ1n) is 7.81. The summed E-state index contributed by atoms with van der Waals surface area (Å²) in [4.78, 5) is 1.81. The van der Waals surface area contributed by atoms with Gasteiger partial charge in [0.2, 0.25) is 0 Å². The van der Waals surface area contributed by atoms with Crippen LogP contribution >= 0.6 is 0 Å². The van der Waals surface area contributed by atoms with Crippen molar-refractivity contribution in [3.05, 3.63) is 0 Å². The molecule has 5 rings (SSSR count). The Labute approximate surface area is 104 Å². The van der Waals surface area contributed by atoms with E-state index in [1.807, 2.05) is 0 Å². The lowest BCUT2D eigenvalue weighted by molar-refractivity contribution is -0.948. The van der Waals surface area contributed by atoms with Crippen LogP contribution in [0, 0.1) is 23.7 Å². The van der Waals surface area contributed by atoms with Crippen LogP contribution in [-0.4, -0.2) is 30.3 Å². The molecule has 2 N–H and O–H groups in total. The molecule has 1 saturated heterocycles. The van der Waals surface area contributed by atoms with Crippen LogP contribution in [0.15, 0.2) is 0 Å². The molecule has 0 spiro atoms. The summed E-state index contributed by atoms with van der Waals surface area (Å²) in [5.41, 5.74) is 0. The minimum atomic E-state index is 0.429. The third kappa shape index (κ3) is 1.60. The third-order valence-electron chi connectivity index (χ3n) is 6.42. The molecule has 4 bridgehead atoms. The standard InChI is InChI=1S/C15H25NO/c17-9-14-2-1-3-16(14)15-12-5-10-4-11(7-12)8-13(15)6-10/h10-15,17H,1-9H2/p+1/t10?,11?,12?,13?,14-,15?/m0/s1. The lowest BCUT2D eigenvalue weighted by Crippen LogP contribution is -3.19. The van der Waals surface area contributed by atoms with Gasteiger partial charge in [0.05, 0.1) is 19.2 Å². The Balaban J connectivity index is 1.57. The van der Waals surface area contributed by atoms with E-state index < -0.39 is 0 Å². The smallest absolute Gasteiger partial charge is 0.111 e. The minimum absolute atomic E-state index is 0.429. The molecule has 0 aromatic heterocycles. The van der Waals surface area contributed by atoms with E-state index in [0.29, 0.717) is 12.6 Å². The molecular weight excluding hydrogens is 210 g/mol. The van der Waals surface area contributed by atoms with Gasteiger partial charge >= 0.3 is 0 Å². The van der Waals surface area contributed by atoms with Gasteiger partial charge in [-0.1, -0.05) is 0 Å². The molecule has 1 unspecified atom stereocenters. The second kappa shape index (κ2) is 3.96. The fourth-order valence-electron chi connectivity index (χ4n) is 6.12. The van der Waals surface area contributed by atoms with E-state index in [1.165, 1.54) is 45.1 Å². The number of nitrogens with one attached hydrogen (secondary N) is 1. The summed E-state index contributed by atoms with van der Waals surface area (Å²) in [6.07, 6.45) is 10.3. The topological polar surface area (TPSA) is 24.7 Å². The van der Waals surface area contributed by atoms with Crippen molar-refractivity contribution in [2.75, 3.05) is 13.2 Å². The number of rotatable bonds is 2. The van der Waals surface area contributed by atoms with E-state index in [2.05, 4.69) is 0 Å². The van der Waals surface area contributed by atoms with Crippen LogP contribution in [0.25, 0.3) is 0 Å². The number of quaternary nitrogens is 1. The zero-order valence-corrected chi connectivity index (χ0v) is 10.8. The Morgan fingerprint density at radius 2 is 1.59 bits per heavy atom. The summed E-state index contributed by atoms with van der Waals surface area (Å²) in [6, 6.07) is 1.51. The maximum Gasteiger partial charge on any atom is 0.111 e. The van der Waals surface area contributed by atoms with Gasteiger partial charge in [0, 0.05) is 24.7 Å². The second-order valence-electron chi connectivity index (χ2n) is 7.30. The number of aliphatic hydroxyl groups is 1. The maximum atomic E-state index is 9.57. The summed E-state index contributed by atoms with van der Waals surface area (Å²) in [5, 5.41) is 9.57. The van der Waals surface area contributed by atoms with Crippen LogP contribution in [-0.2, 0) is 0 Å². The van der Waals surface area contributed by atoms with E-state index in [4.69, 9.17) is 0 Å². The molecule has 17 heavy (non-hydrogen) atoms. The molecule has 96 valence electrons. The molecule has 0 radical (unpaired) electrons. The summed E-state index contributed by atoms with van der Waals surface area (Å²) < 4.78 is 0. The highest BCUT2D eigenvalue weighted by molar-refractivity contribution is 4.98. The van der Waals surface area contributed by atoms with Crippen molar-refractivity contribution in [2.24, 2.45) is 23.7 Å². The van der Waals surface area contributed by atoms with Crippen LogP contribution < -0.4 is 4.90 Å². The average molecular weight is 236 g/mol. The van der Waals surface area contributed by atoms with Crippen LogP contribution in [0.1, 0.15) is 44.9 Å². The first-order valence-corrected chi connectivity index (χ1v) is 7.81. The molecule has 0 aromatic carbocycles. The van der Waals surface area contributed by atoms with Gasteiger partial charge in [-0.2, -0.15) is 0 Å². The normalized spacial score (nSPS) is 56.6. The van der Waals surface area contributed by atoms with Crippen molar-refractivity contribution in [2.45, 2.75) is 57.0 Å². The largest absolute Gasteiger partial charge is 0.390 e. The molecule has 2 nitrogen and oxygen atoms in total. The fourth-order valence-corrected chi connectivity index (χ4v) is 6.12. The molecule has 5 fully saturated rings. The van der Waals surface area contributed by atoms with E-state index in [-0.39, 0.29) is 0 Å². The highest BCUT2D eigenvalue weighted by atomic mass is 16.3. The first kappa shape index (κ1) is 10.8. The van der Waals surface area contributed by atoms with Gasteiger partial charge in [0.15, 0.2) is 0 Å². The Morgan fingerprint density at radius 1 is 0.941 bits per heavy atom. The van der Waals surface area contributed by atoms with Gasteiger partial charge in [-0.3, -0.25) is 0 Å². The Bertz CT molecular complexity index is 275. The molecule has 0 amide bonds. The quantitative estimate of drug-likeness (QED) is 0.730. The van der Waals surface area contributed by atoms with Crippen molar-refractivity contribution in [1.29, 1.82) is 0 Å². The summed E-state index contributed by atoms with van der Waals surface area (Å²) in [6.45, 7) is 1.77. The number of likely N-dealkylation sites (tertiary alicyclic amines) is 1. The molecule has 4 aliphatic carbocycles. The summed E-state index contributed by atoms with van der Waals surface area (Å²) >= 11 is 0. The Morgan fingerprint density at radius 3 is 2.18 bits per heavy atom. The minimum Gasteiger partial charge on any atom is -0.390 e. The summed E-state index contributed by atoms with van der Waals surface area (Å²) in [5.74, 6) is 4.22. The fraction of sp³-hybridized carbons (Fsp3) is 1.00. The van der Waals surface area contributed by atoms with Gasteiger partial charge in [-0.15, -0.1) is 0 Å². The van der Waals surface area contributed by atoms with Gasteiger partial charge in [-0.25, -0.2) is 0 Å². The zero-order chi connectivity index (χ0) is 11.4. The average Bonchev–Trinajstić information content (AvgIpc) is 2.75. The molecule has 2 atom stereocenters. The number of hydrogen-bond donors (Lipinski definition) is 2. The van der Waals surface area contributed by atoms with Crippen LogP contribution in [0.4, 0.5) is 0 Å². The zero-order valence-electron chi connectivity index (χ0n) is 10.8. The van der Waals surface area contributed by atoms with Gasteiger partial charge in [0.25, 0.3) is 0 Å². The number of hydrogen-bond acceptors (Lipinski definition) is 1. The second-order valence-corrected chi connectivity index (χ2v) is 7.30. The van der Waals surface area contributed by atoms with E-state index in [0.717, 1.165) is 29.7 Å². The monoisotopic (exact) mass is 236 g/mol. The van der Waals surface area contributed by atoms with Gasteiger partial charge in [0.1, 0.15) is 6.04 Å². The van der Waals surface area contributed by atoms with E-state index in [1.54, 1.807) is 11.3 Å².